The first-order chi connectivity index (χ1) is 16.8. The number of allylic oxidation sites excluding steroid dienone is 4. The van der Waals surface area contributed by atoms with E-state index in [9.17, 15) is 9.90 Å². The van der Waals surface area contributed by atoms with Gasteiger partial charge in [-0.3, -0.25) is 14.8 Å². The van der Waals surface area contributed by atoms with E-state index in [0.29, 0.717) is 24.2 Å². The molecule has 0 aromatic heterocycles. The van der Waals surface area contributed by atoms with Gasteiger partial charge in [-0.25, -0.2) is 0 Å². The van der Waals surface area contributed by atoms with E-state index in [1.165, 1.54) is 38.5 Å². The highest BCUT2D eigenvalue weighted by atomic mass is 16.3. The van der Waals surface area contributed by atoms with Gasteiger partial charge in [-0.1, -0.05) is 26.0 Å². The van der Waals surface area contributed by atoms with Gasteiger partial charge in [0.1, 0.15) is 5.71 Å². The Morgan fingerprint density at radius 3 is 2.51 bits per heavy atom. The SMILES string of the molecule is CC[C@@]1(O)CC[C@H]2[C@@H](CC[C@@H]3[C@@H]2CC[C@]2(C)[C@@H](C(=O)CN(C)/N=C4/C=CC=CC4=NC)CC[C@@H]32)C1. The number of aliphatic hydroxyl groups is 1. The van der Waals surface area contributed by atoms with E-state index in [2.05, 4.69) is 18.8 Å². The first-order valence-electron chi connectivity index (χ1n) is 14.1. The lowest BCUT2D eigenvalue weighted by molar-refractivity contribution is -0.133. The van der Waals surface area contributed by atoms with E-state index < -0.39 is 5.60 Å². The van der Waals surface area contributed by atoms with Crippen molar-refractivity contribution >= 4 is 17.2 Å². The van der Waals surface area contributed by atoms with Gasteiger partial charge in [0.05, 0.1) is 17.9 Å². The molecule has 5 aliphatic rings. The molecule has 4 fully saturated rings. The van der Waals surface area contributed by atoms with Gasteiger partial charge in [-0.05, 0) is 111 Å². The summed E-state index contributed by atoms with van der Waals surface area (Å²) < 4.78 is 0. The molecule has 0 saturated heterocycles. The van der Waals surface area contributed by atoms with Crippen LogP contribution in [0.4, 0.5) is 0 Å². The van der Waals surface area contributed by atoms with Gasteiger partial charge in [0.2, 0.25) is 0 Å². The van der Waals surface area contributed by atoms with Crippen molar-refractivity contribution in [3.8, 4) is 0 Å². The van der Waals surface area contributed by atoms with Crippen LogP contribution in [0.1, 0.15) is 78.1 Å². The Kier molecular flexibility index (Phi) is 6.84. The molecule has 0 aromatic rings. The van der Waals surface area contributed by atoms with Crippen LogP contribution in [0.3, 0.4) is 0 Å². The molecule has 0 spiro atoms. The standard InChI is InChI=1S/C30H45N3O2/c1-5-30(35)17-15-21-20(18-30)10-11-23-22(21)14-16-29(2)24(23)12-13-25(29)28(34)19-33(4)32-27-9-7-6-8-26(27)31-3/h6-9,20-25,35H,5,10-19H2,1-4H3/b31-26?,32-27-/t20-,21-,22+,23+,24-,25+,29-,30+/m0/s1. The molecule has 0 amide bonds. The lowest BCUT2D eigenvalue weighted by Gasteiger charge is -2.57. The summed E-state index contributed by atoms with van der Waals surface area (Å²) in [4.78, 5) is 17.9. The Morgan fingerprint density at radius 2 is 1.77 bits per heavy atom. The molecule has 192 valence electrons. The van der Waals surface area contributed by atoms with Gasteiger partial charge >= 0.3 is 0 Å². The molecule has 35 heavy (non-hydrogen) atoms. The van der Waals surface area contributed by atoms with Crippen LogP contribution in [-0.4, -0.2) is 53.6 Å². The number of Topliss-reactive ketones (excluding diaryl/α,β-unsaturated/α-hetero) is 1. The fraction of sp³-hybridized carbons (Fsp3) is 0.767. The van der Waals surface area contributed by atoms with E-state index in [1.807, 2.05) is 36.4 Å². The predicted octanol–water partition coefficient (Wildman–Crippen LogP) is 5.45. The zero-order valence-electron chi connectivity index (χ0n) is 22.2. The highest BCUT2D eigenvalue weighted by Crippen LogP contribution is 2.64. The minimum absolute atomic E-state index is 0.140. The summed E-state index contributed by atoms with van der Waals surface area (Å²) in [5.41, 5.74) is 1.40. The van der Waals surface area contributed by atoms with Crippen molar-refractivity contribution in [2.24, 2.45) is 51.0 Å². The minimum Gasteiger partial charge on any atom is -0.390 e. The Balaban J connectivity index is 1.25. The summed E-state index contributed by atoms with van der Waals surface area (Å²) in [6.45, 7) is 4.96. The monoisotopic (exact) mass is 479 g/mol. The lowest BCUT2D eigenvalue weighted by Crippen LogP contribution is -2.51. The first kappa shape index (κ1) is 24.9. The van der Waals surface area contributed by atoms with Crippen molar-refractivity contribution in [2.45, 2.75) is 83.7 Å². The van der Waals surface area contributed by atoms with Crippen LogP contribution >= 0.6 is 0 Å². The normalized spacial score (nSPS) is 44.7. The number of likely N-dealkylation sites (N-methyl/N-ethyl adjacent to an activating group) is 1. The van der Waals surface area contributed by atoms with Crippen LogP contribution < -0.4 is 0 Å². The number of hydrazone groups is 1. The lowest BCUT2D eigenvalue weighted by atomic mass is 9.48. The van der Waals surface area contributed by atoms with E-state index in [4.69, 9.17) is 5.10 Å². The summed E-state index contributed by atoms with van der Waals surface area (Å²) in [6.07, 6.45) is 19.3. The number of hydrogen-bond acceptors (Lipinski definition) is 5. The second-order valence-electron chi connectivity index (χ2n) is 12.5. The van der Waals surface area contributed by atoms with Crippen LogP contribution in [-0.2, 0) is 4.79 Å². The quantitative estimate of drug-likeness (QED) is 0.421. The second kappa shape index (κ2) is 9.61. The maximum atomic E-state index is 13.6. The number of carbonyl (C=O) groups excluding carboxylic acids is 1. The smallest absolute Gasteiger partial charge is 0.157 e. The van der Waals surface area contributed by atoms with Gasteiger partial charge in [0.15, 0.2) is 5.78 Å². The molecule has 8 atom stereocenters. The molecule has 0 radical (unpaired) electrons. The first-order valence-corrected chi connectivity index (χ1v) is 14.1. The fourth-order valence-electron chi connectivity index (χ4n) is 9.11. The molecule has 0 aromatic carbocycles. The van der Waals surface area contributed by atoms with E-state index in [0.717, 1.165) is 54.9 Å². The third kappa shape index (κ3) is 4.47. The topological polar surface area (TPSA) is 65.3 Å². The second-order valence-corrected chi connectivity index (χ2v) is 12.5. The molecular formula is C30H45N3O2. The molecule has 0 aliphatic heterocycles. The Hall–Kier alpha value is -1.75. The third-order valence-corrected chi connectivity index (χ3v) is 10.9. The molecular weight excluding hydrogens is 434 g/mol. The maximum Gasteiger partial charge on any atom is 0.157 e. The predicted molar refractivity (Wildman–Crippen MR) is 143 cm³/mol. The summed E-state index contributed by atoms with van der Waals surface area (Å²) in [6, 6.07) is 0. The summed E-state index contributed by atoms with van der Waals surface area (Å²) in [5.74, 6) is 4.32. The zero-order chi connectivity index (χ0) is 24.8. The van der Waals surface area contributed by atoms with Crippen molar-refractivity contribution in [3.63, 3.8) is 0 Å². The van der Waals surface area contributed by atoms with Gasteiger partial charge < -0.3 is 5.11 Å². The van der Waals surface area contributed by atoms with Gasteiger partial charge in [-0.15, -0.1) is 0 Å². The number of carbonyl (C=O) groups is 1. The number of ketones is 1. The van der Waals surface area contributed by atoms with Crippen LogP contribution in [0.2, 0.25) is 0 Å². The van der Waals surface area contributed by atoms with E-state index >= 15 is 0 Å². The van der Waals surface area contributed by atoms with Crippen molar-refractivity contribution in [1.29, 1.82) is 0 Å². The summed E-state index contributed by atoms with van der Waals surface area (Å²) >= 11 is 0. The number of nitrogens with zero attached hydrogens (tertiary/aromatic N) is 3. The zero-order valence-corrected chi connectivity index (χ0v) is 22.2. The Bertz CT molecular complexity index is 951. The average molecular weight is 480 g/mol. The Morgan fingerprint density at radius 1 is 1.03 bits per heavy atom. The molecule has 5 heteroatoms. The van der Waals surface area contributed by atoms with Crippen molar-refractivity contribution in [1.82, 2.24) is 5.01 Å². The molecule has 0 heterocycles. The van der Waals surface area contributed by atoms with Gasteiger partial charge in [0.25, 0.3) is 0 Å². The van der Waals surface area contributed by atoms with Crippen LogP contribution in [0.25, 0.3) is 0 Å². The Labute approximate surface area is 211 Å². The van der Waals surface area contributed by atoms with Crippen LogP contribution in [0, 0.1) is 40.9 Å². The maximum absolute atomic E-state index is 13.6. The molecule has 4 saturated carbocycles. The van der Waals surface area contributed by atoms with E-state index in [1.54, 1.807) is 7.05 Å². The molecule has 0 bridgehead atoms. The molecule has 5 rings (SSSR count). The number of hydrogen-bond donors (Lipinski definition) is 1. The van der Waals surface area contributed by atoms with Crippen molar-refractivity contribution in [3.05, 3.63) is 24.3 Å². The third-order valence-electron chi connectivity index (χ3n) is 10.9. The number of fused-ring (bicyclic) bond motifs is 5. The molecule has 0 unspecified atom stereocenters. The number of aliphatic imine (C=N–C) groups is 1. The van der Waals surface area contributed by atoms with Crippen molar-refractivity contribution in [2.75, 3.05) is 20.6 Å². The molecule has 1 N–H and O–H groups in total. The number of rotatable bonds is 5. The highest BCUT2D eigenvalue weighted by molar-refractivity contribution is 6.51. The van der Waals surface area contributed by atoms with Crippen molar-refractivity contribution < 1.29 is 9.90 Å². The fourth-order valence-corrected chi connectivity index (χ4v) is 9.11. The van der Waals surface area contributed by atoms with Gasteiger partial charge in [-0.2, -0.15) is 5.10 Å². The molecule has 5 aliphatic carbocycles. The minimum atomic E-state index is -0.412. The largest absolute Gasteiger partial charge is 0.390 e. The highest BCUT2D eigenvalue weighted by Gasteiger charge is 2.58. The van der Waals surface area contributed by atoms with E-state index in [-0.39, 0.29) is 11.3 Å². The molecule has 5 nitrogen and oxygen atoms in total. The van der Waals surface area contributed by atoms with Gasteiger partial charge in [0, 0.05) is 20.0 Å². The van der Waals surface area contributed by atoms with Crippen LogP contribution in [0.15, 0.2) is 34.4 Å². The summed E-state index contributed by atoms with van der Waals surface area (Å²) in [7, 11) is 3.69. The summed E-state index contributed by atoms with van der Waals surface area (Å²) in [5, 5.41) is 17.5. The van der Waals surface area contributed by atoms with Crippen LogP contribution in [0.5, 0.6) is 0 Å². The average Bonchev–Trinajstić information content (AvgIpc) is 3.21.